The molecule has 0 bridgehead atoms. The number of rotatable bonds is 4. The van der Waals surface area contributed by atoms with Crippen LogP contribution >= 0.6 is 11.8 Å². The van der Waals surface area contributed by atoms with Crippen molar-refractivity contribution in [3.8, 4) is 0 Å². The van der Waals surface area contributed by atoms with Crippen molar-refractivity contribution >= 4 is 29.3 Å². The van der Waals surface area contributed by atoms with Crippen LogP contribution < -0.4 is 5.73 Å². The van der Waals surface area contributed by atoms with Gasteiger partial charge in [-0.1, -0.05) is 0 Å². The molecule has 2 N–H and O–H groups in total. The van der Waals surface area contributed by atoms with Crippen LogP contribution in [0.3, 0.4) is 0 Å². The fourth-order valence-electron chi connectivity index (χ4n) is 2.33. The molecule has 0 aliphatic carbocycles. The summed E-state index contributed by atoms with van der Waals surface area (Å²) in [4.78, 5) is 26.4. The smallest absolute Gasteiger partial charge is 0.308 e. The number of methoxy groups -OCH3 is 1. The molecule has 1 fully saturated rings. The van der Waals surface area contributed by atoms with Gasteiger partial charge < -0.3 is 15.4 Å². The highest BCUT2D eigenvalue weighted by Gasteiger charge is 2.27. The molecule has 0 spiro atoms. The van der Waals surface area contributed by atoms with Crippen LogP contribution in [0.2, 0.25) is 0 Å². The molecule has 1 heterocycles. The summed E-state index contributed by atoms with van der Waals surface area (Å²) in [5.41, 5.74) is 6.34. The number of nitrogens with zero attached hydrogens (tertiary/aromatic N) is 1. The van der Waals surface area contributed by atoms with Crippen LogP contribution in [0, 0.1) is 5.92 Å². The van der Waals surface area contributed by atoms with Crippen molar-refractivity contribution in [3.05, 3.63) is 24.3 Å². The van der Waals surface area contributed by atoms with Crippen LogP contribution in [0.15, 0.2) is 29.2 Å². The monoisotopic (exact) mass is 308 g/mol. The minimum Gasteiger partial charge on any atom is -0.469 e. The lowest BCUT2D eigenvalue weighted by atomic mass is 9.97. The number of carbonyl (C=O) groups is 2. The Labute approximate surface area is 128 Å². The summed E-state index contributed by atoms with van der Waals surface area (Å²) in [5, 5.41) is 0. The summed E-state index contributed by atoms with van der Waals surface area (Å²) in [6, 6.07) is 7.48. The van der Waals surface area contributed by atoms with Crippen molar-refractivity contribution in [2.75, 3.05) is 31.7 Å². The van der Waals surface area contributed by atoms with Crippen molar-refractivity contribution in [1.29, 1.82) is 0 Å². The van der Waals surface area contributed by atoms with Crippen molar-refractivity contribution in [2.45, 2.75) is 17.7 Å². The van der Waals surface area contributed by atoms with Crippen LogP contribution in [-0.2, 0) is 14.3 Å². The molecule has 0 saturated carbocycles. The minimum atomic E-state index is -0.168. The molecule has 1 aromatic carbocycles. The van der Waals surface area contributed by atoms with E-state index >= 15 is 0 Å². The van der Waals surface area contributed by atoms with E-state index in [1.165, 1.54) is 18.9 Å². The fourth-order valence-corrected chi connectivity index (χ4v) is 3.13. The third kappa shape index (κ3) is 4.39. The lowest BCUT2D eigenvalue weighted by Gasteiger charge is -2.30. The second-order valence-electron chi connectivity index (χ2n) is 5.04. The van der Waals surface area contributed by atoms with E-state index in [1.54, 1.807) is 0 Å². The highest BCUT2D eigenvalue weighted by molar-refractivity contribution is 8.00. The van der Waals surface area contributed by atoms with Gasteiger partial charge in [0.2, 0.25) is 5.91 Å². The number of benzene rings is 1. The Morgan fingerprint density at radius 1 is 1.29 bits per heavy atom. The van der Waals surface area contributed by atoms with E-state index in [2.05, 4.69) is 0 Å². The largest absolute Gasteiger partial charge is 0.469 e. The summed E-state index contributed by atoms with van der Waals surface area (Å²) in [7, 11) is 1.41. The maximum atomic E-state index is 12.1. The van der Waals surface area contributed by atoms with Crippen molar-refractivity contribution < 1.29 is 14.3 Å². The standard InChI is InChI=1S/C15H20N2O3S/c1-20-15(19)11-6-8-17(9-7-11)14(18)10-21-13-4-2-12(16)3-5-13/h2-5,11H,6-10,16H2,1H3. The number of ether oxygens (including phenoxy) is 1. The van der Waals surface area contributed by atoms with E-state index in [9.17, 15) is 9.59 Å². The second kappa shape index (κ2) is 7.36. The highest BCUT2D eigenvalue weighted by atomic mass is 32.2. The van der Waals surface area contributed by atoms with Gasteiger partial charge in [-0.15, -0.1) is 11.8 Å². The number of nitrogen functional groups attached to an aromatic ring is 1. The number of piperidine rings is 1. The molecule has 6 heteroatoms. The van der Waals surface area contributed by atoms with Gasteiger partial charge in [-0.05, 0) is 37.1 Å². The van der Waals surface area contributed by atoms with Crippen LogP contribution in [0.1, 0.15) is 12.8 Å². The number of hydrogen-bond acceptors (Lipinski definition) is 5. The fraction of sp³-hybridized carbons (Fsp3) is 0.467. The lowest BCUT2D eigenvalue weighted by Crippen LogP contribution is -2.41. The topological polar surface area (TPSA) is 72.6 Å². The first-order valence-electron chi connectivity index (χ1n) is 6.94. The predicted molar refractivity (Wildman–Crippen MR) is 82.9 cm³/mol. The molecule has 2 rings (SSSR count). The molecule has 21 heavy (non-hydrogen) atoms. The molecule has 114 valence electrons. The number of anilines is 1. The van der Waals surface area contributed by atoms with Gasteiger partial charge in [-0.3, -0.25) is 9.59 Å². The first-order valence-corrected chi connectivity index (χ1v) is 7.92. The maximum absolute atomic E-state index is 12.1. The number of likely N-dealkylation sites (tertiary alicyclic amines) is 1. The van der Waals surface area contributed by atoms with Crippen molar-refractivity contribution in [3.63, 3.8) is 0 Å². The zero-order chi connectivity index (χ0) is 15.2. The molecule has 1 amide bonds. The number of hydrogen-bond donors (Lipinski definition) is 1. The Morgan fingerprint density at radius 3 is 2.48 bits per heavy atom. The van der Waals surface area contributed by atoms with Gasteiger partial charge in [0.05, 0.1) is 18.8 Å². The quantitative estimate of drug-likeness (QED) is 0.521. The Hall–Kier alpha value is -1.69. The Balaban J connectivity index is 1.77. The van der Waals surface area contributed by atoms with Gasteiger partial charge >= 0.3 is 5.97 Å². The first-order chi connectivity index (χ1) is 10.1. The lowest BCUT2D eigenvalue weighted by molar-refractivity contribution is -0.148. The molecule has 0 aromatic heterocycles. The number of nitrogens with two attached hydrogens (primary N) is 1. The number of amides is 1. The van der Waals surface area contributed by atoms with E-state index < -0.39 is 0 Å². The summed E-state index contributed by atoms with van der Waals surface area (Å²) < 4.78 is 4.74. The molecule has 1 aromatic rings. The second-order valence-corrected chi connectivity index (χ2v) is 6.08. The SMILES string of the molecule is COC(=O)C1CCN(C(=O)CSc2ccc(N)cc2)CC1. The molecule has 0 atom stereocenters. The Kier molecular flexibility index (Phi) is 5.50. The van der Waals surface area contributed by atoms with E-state index in [-0.39, 0.29) is 17.8 Å². The van der Waals surface area contributed by atoms with Gasteiger partial charge in [0.1, 0.15) is 0 Å². The van der Waals surface area contributed by atoms with Gasteiger partial charge in [-0.2, -0.15) is 0 Å². The van der Waals surface area contributed by atoms with Crippen molar-refractivity contribution in [1.82, 2.24) is 4.90 Å². The predicted octanol–water partition coefficient (Wildman–Crippen LogP) is 1.77. The zero-order valence-electron chi connectivity index (χ0n) is 12.1. The number of thioether (sulfide) groups is 1. The molecule has 1 aliphatic heterocycles. The van der Waals surface area contributed by atoms with Crippen LogP contribution in [0.25, 0.3) is 0 Å². The summed E-state index contributed by atoms with van der Waals surface area (Å²) in [6.45, 7) is 1.25. The molecule has 0 radical (unpaired) electrons. The first kappa shape index (κ1) is 15.7. The van der Waals surface area contributed by atoms with Gasteiger partial charge in [0.15, 0.2) is 0 Å². The van der Waals surface area contributed by atoms with Crippen LogP contribution in [0.4, 0.5) is 5.69 Å². The molecule has 1 saturated heterocycles. The Bertz CT molecular complexity index is 496. The molecular formula is C15H20N2O3S. The van der Waals surface area contributed by atoms with E-state index in [4.69, 9.17) is 10.5 Å². The van der Waals surface area contributed by atoms with Gasteiger partial charge in [-0.25, -0.2) is 0 Å². The number of esters is 1. The zero-order valence-corrected chi connectivity index (χ0v) is 12.9. The summed E-state index contributed by atoms with van der Waals surface area (Å²) in [6.07, 6.45) is 1.37. The van der Waals surface area contributed by atoms with Gasteiger partial charge in [0, 0.05) is 23.7 Å². The maximum Gasteiger partial charge on any atom is 0.308 e. The highest BCUT2D eigenvalue weighted by Crippen LogP contribution is 2.22. The van der Waals surface area contributed by atoms with E-state index in [0.717, 1.165) is 10.6 Å². The third-order valence-corrected chi connectivity index (χ3v) is 4.62. The normalized spacial score (nSPS) is 15.8. The average Bonchev–Trinajstić information content (AvgIpc) is 2.53. The summed E-state index contributed by atoms with van der Waals surface area (Å²) in [5.74, 6) is 0.287. The summed E-state index contributed by atoms with van der Waals surface area (Å²) >= 11 is 1.50. The third-order valence-electron chi connectivity index (χ3n) is 3.62. The van der Waals surface area contributed by atoms with Crippen molar-refractivity contribution in [2.24, 2.45) is 5.92 Å². The van der Waals surface area contributed by atoms with E-state index in [1.807, 2.05) is 29.2 Å². The number of carbonyl (C=O) groups excluding carboxylic acids is 2. The molecule has 0 unspecified atom stereocenters. The molecule has 5 nitrogen and oxygen atoms in total. The van der Waals surface area contributed by atoms with Crippen LogP contribution in [-0.4, -0.2) is 42.7 Å². The van der Waals surface area contributed by atoms with Crippen LogP contribution in [0.5, 0.6) is 0 Å². The van der Waals surface area contributed by atoms with E-state index in [0.29, 0.717) is 31.7 Å². The molecular weight excluding hydrogens is 288 g/mol. The Morgan fingerprint density at radius 2 is 1.90 bits per heavy atom. The minimum absolute atomic E-state index is 0.0659. The van der Waals surface area contributed by atoms with Gasteiger partial charge in [0.25, 0.3) is 0 Å². The average molecular weight is 308 g/mol. The molecule has 1 aliphatic rings.